The number of hydrogen-bond acceptors (Lipinski definition) is 7. The lowest BCUT2D eigenvalue weighted by Crippen LogP contribution is -2.30. The highest BCUT2D eigenvalue weighted by molar-refractivity contribution is 7.29. The number of hydrogen-bond donors (Lipinski definition) is 1. The van der Waals surface area contributed by atoms with Crippen LogP contribution in [0.2, 0.25) is 5.02 Å². The molecule has 0 saturated heterocycles. The second-order valence-electron chi connectivity index (χ2n) is 5.97. The summed E-state index contributed by atoms with van der Waals surface area (Å²) in [4.78, 5) is 31.6. The van der Waals surface area contributed by atoms with E-state index in [0.29, 0.717) is 22.9 Å². The average Bonchev–Trinajstić information content (AvgIpc) is 3.20. The van der Waals surface area contributed by atoms with Crippen molar-refractivity contribution in [2.75, 3.05) is 32.1 Å². The van der Waals surface area contributed by atoms with Gasteiger partial charge in [0.15, 0.2) is 11.7 Å². The van der Waals surface area contributed by atoms with Crippen LogP contribution in [0.15, 0.2) is 30.3 Å². The maximum atomic E-state index is 12.1. The maximum Gasteiger partial charge on any atom is 0.348 e. The molecule has 0 aliphatic carbocycles. The summed E-state index contributed by atoms with van der Waals surface area (Å²) >= 11 is 8.61. The Hall–Kier alpha value is -2.16. The zero-order valence-corrected chi connectivity index (χ0v) is 17.2. The minimum Gasteiger partial charge on any atom is -0.451 e. The molecule has 2 heterocycles. The van der Waals surface area contributed by atoms with Crippen molar-refractivity contribution in [2.45, 2.75) is 6.42 Å². The molecule has 1 aromatic carbocycles. The van der Waals surface area contributed by atoms with Gasteiger partial charge in [-0.15, -0.1) is 11.3 Å². The molecule has 0 aliphatic rings. The molecule has 0 spiro atoms. The van der Waals surface area contributed by atoms with Crippen LogP contribution in [-0.4, -0.2) is 44.1 Å². The third-order valence-corrected chi connectivity index (χ3v) is 6.21. The van der Waals surface area contributed by atoms with Crippen LogP contribution in [-0.2, 0) is 16.0 Å². The van der Waals surface area contributed by atoms with Gasteiger partial charge >= 0.3 is 5.97 Å². The van der Waals surface area contributed by atoms with E-state index in [9.17, 15) is 9.59 Å². The number of fused-ring (bicyclic) bond motifs is 1. The number of nitrogens with one attached hydrogen (secondary N) is 1. The first-order valence-electron chi connectivity index (χ1n) is 8.18. The van der Waals surface area contributed by atoms with Crippen LogP contribution in [0.1, 0.15) is 15.2 Å². The van der Waals surface area contributed by atoms with Crippen LogP contribution < -0.4 is 10.2 Å². The molecule has 1 N–H and O–H groups in total. The predicted molar refractivity (Wildman–Crippen MR) is 110 cm³/mol. The lowest BCUT2D eigenvalue weighted by atomic mass is 10.1. The standard InChI is InChI=1S/C18H18ClN3O3S2/c1-22(2)18-21-16-13(27-18)9-14(26-16)17(24)25-10-15(23)20-8-7-11-3-5-12(19)6-4-11/h3-6,9H,7-8,10H2,1-2H3,(H,20,23). The van der Waals surface area contributed by atoms with Crippen LogP contribution in [0.3, 0.4) is 0 Å². The molecule has 0 radical (unpaired) electrons. The van der Waals surface area contributed by atoms with E-state index >= 15 is 0 Å². The highest BCUT2D eigenvalue weighted by atomic mass is 35.5. The topological polar surface area (TPSA) is 71.5 Å². The van der Waals surface area contributed by atoms with Gasteiger partial charge in [-0.2, -0.15) is 0 Å². The second-order valence-corrected chi connectivity index (χ2v) is 8.45. The van der Waals surface area contributed by atoms with Crippen LogP contribution >= 0.6 is 34.3 Å². The third kappa shape index (κ3) is 5.18. The molecule has 0 atom stereocenters. The molecule has 27 heavy (non-hydrogen) atoms. The van der Waals surface area contributed by atoms with E-state index in [0.717, 1.165) is 20.2 Å². The Morgan fingerprint density at radius 2 is 1.96 bits per heavy atom. The Balaban J connectivity index is 1.44. The first-order chi connectivity index (χ1) is 12.9. The molecule has 0 fully saturated rings. The number of thiophene rings is 1. The summed E-state index contributed by atoms with van der Waals surface area (Å²) in [7, 11) is 3.84. The number of nitrogens with zero attached hydrogens (tertiary/aromatic N) is 2. The number of halogens is 1. The quantitative estimate of drug-likeness (QED) is 0.588. The number of thiazole rings is 1. The van der Waals surface area contributed by atoms with Gasteiger partial charge in [-0.05, 0) is 30.2 Å². The monoisotopic (exact) mass is 423 g/mol. The molecule has 0 aliphatic heterocycles. The van der Waals surface area contributed by atoms with Crippen molar-refractivity contribution in [2.24, 2.45) is 0 Å². The fraction of sp³-hybridized carbons (Fsp3) is 0.278. The molecule has 0 unspecified atom stereocenters. The summed E-state index contributed by atoms with van der Waals surface area (Å²) in [5.41, 5.74) is 1.07. The van der Waals surface area contributed by atoms with Gasteiger partial charge in [0.1, 0.15) is 9.71 Å². The number of aromatic nitrogens is 1. The van der Waals surface area contributed by atoms with Crippen molar-refractivity contribution in [3.05, 3.63) is 45.8 Å². The second kappa shape index (κ2) is 8.69. The number of benzene rings is 1. The van der Waals surface area contributed by atoms with E-state index in [4.69, 9.17) is 16.3 Å². The third-order valence-electron chi connectivity index (χ3n) is 3.65. The van der Waals surface area contributed by atoms with Crippen LogP contribution in [0.25, 0.3) is 9.53 Å². The fourth-order valence-electron chi connectivity index (χ4n) is 2.27. The van der Waals surface area contributed by atoms with E-state index < -0.39 is 5.97 Å². The van der Waals surface area contributed by atoms with E-state index in [1.54, 1.807) is 6.07 Å². The maximum absolute atomic E-state index is 12.1. The number of anilines is 1. The molecule has 0 saturated carbocycles. The van der Waals surface area contributed by atoms with Gasteiger partial charge < -0.3 is 15.0 Å². The SMILES string of the molecule is CN(C)c1nc2sc(C(=O)OCC(=O)NCCc3ccc(Cl)cc3)cc2s1. The van der Waals surface area contributed by atoms with Gasteiger partial charge in [0.2, 0.25) is 0 Å². The van der Waals surface area contributed by atoms with Crippen molar-refractivity contribution in [1.29, 1.82) is 0 Å². The zero-order valence-electron chi connectivity index (χ0n) is 14.8. The predicted octanol–water partition coefficient (Wildman–Crippen LogP) is 3.59. The lowest BCUT2D eigenvalue weighted by molar-refractivity contribution is -0.124. The van der Waals surface area contributed by atoms with Gasteiger partial charge in [0.05, 0.1) is 4.70 Å². The van der Waals surface area contributed by atoms with Crippen molar-refractivity contribution < 1.29 is 14.3 Å². The Kier molecular flexibility index (Phi) is 6.30. The van der Waals surface area contributed by atoms with Crippen LogP contribution in [0.5, 0.6) is 0 Å². The summed E-state index contributed by atoms with van der Waals surface area (Å²) in [5, 5.41) is 4.30. The molecule has 6 nitrogen and oxygen atoms in total. The highest BCUT2D eigenvalue weighted by Gasteiger charge is 2.16. The van der Waals surface area contributed by atoms with E-state index in [-0.39, 0.29) is 12.5 Å². The first kappa shape index (κ1) is 19.6. The number of rotatable bonds is 7. The lowest BCUT2D eigenvalue weighted by Gasteiger charge is -2.06. The minimum absolute atomic E-state index is 0.304. The number of esters is 1. The molecule has 9 heteroatoms. The smallest absolute Gasteiger partial charge is 0.348 e. The zero-order chi connectivity index (χ0) is 19.4. The Labute approximate surface area is 169 Å². The molecule has 0 bridgehead atoms. The summed E-state index contributed by atoms with van der Waals surface area (Å²) in [6.45, 7) is 0.158. The van der Waals surface area contributed by atoms with Crippen molar-refractivity contribution >= 4 is 60.8 Å². The van der Waals surface area contributed by atoms with Crippen molar-refractivity contribution in [3.63, 3.8) is 0 Å². The van der Waals surface area contributed by atoms with Gasteiger partial charge in [-0.1, -0.05) is 35.1 Å². The average molecular weight is 424 g/mol. The van der Waals surface area contributed by atoms with Gasteiger partial charge in [0, 0.05) is 25.7 Å². The number of amides is 1. The highest BCUT2D eigenvalue weighted by Crippen LogP contribution is 2.34. The number of ether oxygens (including phenoxy) is 1. The molecular formula is C18H18ClN3O3S2. The largest absolute Gasteiger partial charge is 0.451 e. The van der Waals surface area contributed by atoms with Gasteiger partial charge in [0.25, 0.3) is 5.91 Å². The number of carbonyl (C=O) groups is 2. The summed E-state index contributed by atoms with van der Waals surface area (Å²) in [6, 6.07) is 9.19. The van der Waals surface area contributed by atoms with Crippen LogP contribution in [0, 0.1) is 0 Å². The summed E-state index contributed by atoms with van der Waals surface area (Å²) in [6.07, 6.45) is 0.679. The number of carbonyl (C=O) groups excluding carboxylic acids is 2. The first-order valence-corrected chi connectivity index (χ1v) is 10.2. The molecule has 3 aromatic rings. The minimum atomic E-state index is -0.510. The molecule has 142 valence electrons. The van der Waals surface area contributed by atoms with Crippen molar-refractivity contribution in [3.8, 4) is 0 Å². The van der Waals surface area contributed by atoms with E-state index in [1.165, 1.54) is 22.7 Å². The Morgan fingerprint density at radius 3 is 2.63 bits per heavy atom. The summed E-state index contributed by atoms with van der Waals surface area (Å²) < 4.78 is 6.03. The van der Waals surface area contributed by atoms with E-state index in [1.807, 2.05) is 43.3 Å². The van der Waals surface area contributed by atoms with E-state index in [2.05, 4.69) is 10.3 Å². The normalized spacial score (nSPS) is 10.8. The van der Waals surface area contributed by atoms with Gasteiger partial charge in [-0.3, -0.25) is 4.79 Å². The Morgan fingerprint density at radius 1 is 1.22 bits per heavy atom. The Bertz CT molecular complexity index is 919. The molecular weight excluding hydrogens is 406 g/mol. The van der Waals surface area contributed by atoms with Crippen LogP contribution in [0.4, 0.5) is 5.13 Å². The fourth-order valence-corrected chi connectivity index (χ4v) is 4.42. The summed E-state index contributed by atoms with van der Waals surface area (Å²) in [5.74, 6) is -0.840. The molecule has 2 aromatic heterocycles. The molecule has 3 rings (SSSR count). The van der Waals surface area contributed by atoms with Crippen molar-refractivity contribution in [1.82, 2.24) is 10.3 Å². The molecule has 1 amide bonds. The van der Waals surface area contributed by atoms with Gasteiger partial charge in [-0.25, -0.2) is 9.78 Å².